The number of hydrogen-bond donors (Lipinski definition) is 3. The zero-order chi connectivity index (χ0) is 20.8. The third-order valence-electron chi connectivity index (χ3n) is 4.61. The quantitative estimate of drug-likeness (QED) is 0.449. The van der Waals surface area contributed by atoms with E-state index in [-0.39, 0.29) is 13.2 Å². The SMILES string of the molecule is CSCC[C@H](N)C(=O)OC[C@H]1O[C@@H](Cn2nnc(-c3ccccc3)n2)[C@H](O)[C@@H]1O. The number of rotatable bonds is 9. The van der Waals surface area contributed by atoms with E-state index in [9.17, 15) is 15.0 Å². The van der Waals surface area contributed by atoms with E-state index in [0.29, 0.717) is 12.2 Å². The van der Waals surface area contributed by atoms with Crippen molar-refractivity contribution in [1.82, 2.24) is 20.2 Å². The van der Waals surface area contributed by atoms with Gasteiger partial charge in [-0.1, -0.05) is 30.3 Å². The molecule has 11 heteroatoms. The lowest BCUT2D eigenvalue weighted by molar-refractivity contribution is -0.151. The van der Waals surface area contributed by atoms with Crippen LogP contribution >= 0.6 is 11.8 Å². The molecule has 2 aromatic rings. The number of aliphatic hydroxyl groups excluding tert-OH is 2. The lowest BCUT2D eigenvalue weighted by Gasteiger charge is -2.16. The molecule has 3 rings (SSSR count). The van der Waals surface area contributed by atoms with Gasteiger partial charge in [0, 0.05) is 5.56 Å². The number of esters is 1. The summed E-state index contributed by atoms with van der Waals surface area (Å²) in [5.41, 5.74) is 6.58. The largest absolute Gasteiger partial charge is 0.462 e. The summed E-state index contributed by atoms with van der Waals surface area (Å²) in [7, 11) is 0. The van der Waals surface area contributed by atoms with Crippen LogP contribution < -0.4 is 5.73 Å². The fraction of sp³-hybridized carbons (Fsp3) is 0.556. The van der Waals surface area contributed by atoms with E-state index in [1.807, 2.05) is 36.6 Å². The topological polar surface area (TPSA) is 146 Å². The van der Waals surface area contributed by atoms with Crippen LogP contribution in [0.25, 0.3) is 11.4 Å². The van der Waals surface area contributed by atoms with Crippen molar-refractivity contribution in [1.29, 1.82) is 0 Å². The van der Waals surface area contributed by atoms with E-state index in [0.717, 1.165) is 11.3 Å². The Morgan fingerprint density at radius 1 is 1.31 bits per heavy atom. The first-order valence-corrected chi connectivity index (χ1v) is 10.6. The van der Waals surface area contributed by atoms with Crippen molar-refractivity contribution in [3.05, 3.63) is 30.3 Å². The lowest BCUT2D eigenvalue weighted by atomic mass is 10.1. The Bertz CT molecular complexity index is 792. The van der Waals surface area contributed by atoms with Crippen molar-refractivity contribution in [3.8, 4) is 11.4 Å². The summed E-state index contributed by atoms with van der Waals surface area (Å²) >= 11 is 1.59. The molecule has 158 valence electrons. The molecular formula is C18H25N5O5S. The molecule has 10 nitrogen and oxygen atoms in total. The molecule has 0 radical (unpaired) electrons. The molecule has 0 bridgehead atoms. The lowest BCUT2D eigenvalue weighted by Crippen LogP contribution is -2.38. The Balaban J connectivity index is 1.53. The maximum Gasteiger partial charge on any atom is 0.323 e. The van der Waals surface area contributed by atoms with Gasteiger partial charge < -0.3 is 25.4 Å². The molecule has 0 amide bonds. The van der Waals surface area contributed by atoms with E-state index in [2.05, 4.69) is 15.4 Å². The number of aromatic nitrogens is 4. The molecule has 1 aromatic carbocycles. The maximum absolute atomic E-state index is 11.9. The molecule has 5 atom stereocenters. The van der Waals surface area contributed by atoms with Crippen LogP contribution in [-0.4, -0.2) is 85.5 Å². The average Bonchev–Trinajstić information content (AvgIpc) is 3.31. The number of benzene rings is 1. The summed E-state index contributed by atoms with van der Waals surface area (Å²) in [6.07, 6.45) is -1.57. The molecular weight excluding hydrogens is 398 g/mol. The van der Waals surface area contributed by atoms with E-state index in [1.165, 1.54) is 4.80 Å². The van der Waals surface area contributed by atoms with Crippen molar-refractivity contribution in [2.24, 2.45) is 5.73 Å². The zero-order valence-corrected chi connectivity index (χ0v) is 16.8. The second kappa shape index (κ2) is 10.1. The minimum absolute atomic E-state index is 0.0930. The highest BCUT2D eigenvalue weighted by Gasteiger charge is 2.43. The molecule has 1 saturated heterocycles. The summed E-state index contributed by atoms with van der Waals surface area (Å²) in [4.78, 5) is 13.2. The molecule has 4 N–H and O–H groups in total. The van der Waals surface area contributed by atoms with Gasteiger partial charge in [0.15, 0.2) is 0 Å². The predicted octanol–water partition coefficient (Wildman–Crippen LogP) is -0.547. The Morgan fingerprint density at radius 3 is 2.76 bits per heavy atom. The molecule has 29 heavy (non-hydrogen) atoms. The highest BCUT2D eigenvalue weighted by atomic mass is 32.2. The van der Waals surface area contributed by atoms with Crippen LogP contribution in [0.3, 0.4) is 0 Å². The van der Waals surface area contributed by atoms with E-state index >= 15 is 0 Å². The van der Waals surface area contributed by atoms with Gasteiger partial charge in [-0.25, -0.2) is 0 Å². The molecule has 1 fully saturated rings. The van der Waals surface area contributed by atoms with Crippen LogP contribution in [0.5, 0.6) is 0 Å². The Hall–Kier alpha value is -2.05. The number of carbonyl (C=O) groups is 1. The predicted molar refractivity (Wildman–Crippen MR) is 106 cm³/mol. The highest BCUT2D eigenvalue weighted by molar-refractivity contribution is 7.98. The van der Waals surface area contributed by atoms with E-state index < -0.39 is 36.4 Å². The molecule has 0 saturated carbocycles. The van der Waals surface area contributed by atoms with Gasteiger partial charge >= 0.3 is 5.97 Å². The molecule has 1 aliphatic rings. The first-order chi connectivity index (χ1) is 14.0. The minimum Gasteiger partial charge on any atom is -0.462 e. The molecule has 0 spiro atoms. The second-order valence-electron chi connectivity index (χ2n) is 6.75. The van der Waals surface area contributed by atoms with Gasteiger partial charge in [-0.3, -0.25) is 4.79 Å². The summed E-state index contributed by atoms with van der Waals surface area (Å²) in [5, 5.41) is 32.7. The number of aliphatic hydroxyl groups is 2. The van der Waals surface area contributed by atoms with Crippen LogP contribution in [0.1, 0.15) is 6.42 Å². The minimum atomic E-state index is -1.20. The van der Waals surface area contributed by atoms with Crippen LogP contribution in [-0.2, 0) is 20.8 Å². The zero-order valence-electron chi connectivity index (χ0n) is 16.0. The molecule has 2 heterocycles. The van der Waals surface area contributed by atoms with Gasteiger partial charge in [-0.05, 0) is 23.6 Å². The van der Waals surface area contributed by atoms with Gasteiger partial charge in [-0.2, -0.15) is 16.6 Å². The number of hydrogen-bond acceptors (Lipinski definition) is 10. The normalized spacial score (nSPS) is 25.1. The van der Waals surface area contributed by atoms with Gasteiger partial charge in [0.05, 0.1) is 6.54 Å². The Morgan fingerprint density at radius 2 is 2.03 bits per heavy atom. The molecule has 0 unspecified atom stereocenters. The smallest absolute Gasteiger partial charge is 0.323 e. The maximum atomic E-state index is 11.9. The third-order valence-corrected chi connectivity index (χ3v) is 5.26. The van der Waals surface area contributed by atoms with Gasteiger partial charge in [0.25, 0.3) is 0 Å². The summed E-state index contributed by atoms with van der Waals surface area (Å²) in [5.74, 6) is 0.636. The third kappa shape index (κ3) is 5.52. The van der Waals surface area contributed by atoms with Crippen molar-refractivity contribution >= 4 is 17.7 Å². The van der Waals surface area contributed by atoms with Gasteiger partial charge in [-0.15, -0.1) is 10.2 Å². The van der Waals surface area contributed by atoms with Crippen molar-refractivity contribution < 1.29 is 24.5 Å². The summed E-state index contributed by atoms with van der Waals surface area (Å²) in [6, 6.07) is 8.63. The fourth-order valence-corrected chi connectivity index (χ4v) is 3.42. The van der Waals surface area contributed by atoms with Crippen LogP contribution in [0.4, 0.5) is 0 Å². The number of nitrogens with zero attached hydrogens (tertiary/aromatic N) is 4. The monoisotopic (exact) mass is 423 g/mol. The standard InChI is InChI=1S/C18H25N5O5S/c1-29-8-7-12(19)18(26)27-10-14-16(25)15(24)13(28-14)9-23-21-17(20-22-23)11-5-3-2-4-6-11/h2-6,12-16,24-25H,7-10,19H2,1H3/t12-,13-,14+,15-,16+/m0/s1. The first kappa shape index (κ1) is 21.7. The van der Waals surface area contributed by atoms with Crippen molar-refractivity contribution in [3.63, 3.8) is 0 Å². The van der Waals surface area contributed by atoms with Gasteiger partial charge in [0.2, 0.25) is 5.82 Å². The first-order valence-electron chi connectivity index (χ1n) is 9.25. The number of ether oxygens (including phenoxy) is 2. The van der Waals surface area contributed by atoms with Gasteiger partial charge in [0.1, 0.15) is 37.1 Å². The fourth-order valence-electron chi connectivity index (χ4n) is 2.93. The van der Waals surface area contributed by atoms with E-state index in [4.69, 9.17) is 15.2 Å². The number of carbonyl (C=O) groups excluding carboxylic acids is 1. The van der Waals surface area contributed by atoms with Crippen LogP contribution in [0.2, 0.25) is 0 Å². The van der Waals surface area contributed by atoms with Crippen LogP contribution in [0.15, 0.2) is 30.3 Å². The molecule has 0 aliphatic carbocycles. The molecule has 1 aromatic heterocycles. The second-order valence-corrected chi connectivity index (χ2v) is 7.73. The Kier molecular flexibility index (Phi) is 7.56. The Labute approximate surface area is 172 Å². The van der Waals surface area contributed by atoms with Crippen molar-refractivity contribution in [2.75, 3.05) is 18.6 Å². The van der Waals surface area contributed by atoms with Crippen molar-refractivity contribution in [2.45, 2.75) is 43.4 Å². The summed E-state index contributed by atoms with van der Waals surface area (Å²) < 4.78 is 10.8. The number of tetrazole rings is 1. The summed E-state index contributed by atoms with van der Waals surface area (Å²) in [6.45, 7) is -0.101. The van der Waals surface area contributed by atoms with Crippen LogP contribution in [0, 0.1) is 0 Å². The average molecular weight is 423 g/mol. The highest BCUT2D eigenvalue weighted by Crippen LogP contribution is 2.23. The molecule has 1 aliphatic heterocycles. The number of nitrogens with two attached hydrogens (primary N) is 1. The van der Waals surface area contributed by atoms with E-state index in [1.54, 1.807) is 11.8 Å². The number of thioether (sulfide) groups is 1.